The van der Waals surface area contributed by atoms with Crippen LogP contribution in [0.3, 0.4) is 0 Å². The number of hydrogen-bond acceptors (Lipinski definition) is 3. The summed E-state index contributed by atoms with van der Waals surface area (Å²) in [5, 5.41) is 9.06. The Bertz CT molecular complexity index is 224. The first-order chi connectivity index (χ1) is 6.91. The van der Waals surface area contributed by atoms with Gasteiger partial charge in [0.05, 0.1) is 0 Å². The molecule has 2 unspecified atom stereocenters. The van der Waals surface area contributed by atoms with Gasteiger partial charge in [-0.15, -0.1) is 0 Å². The predicted octanol–water partition coefficient (Wildman–Crippen LogP) is 1.57. The van der Waals surface area contributed by atoms with Crippen molar-refractivity contribution < 1.29 is 14.7 Å². The lowest BCUT2D eigenvalue weighted by Crippen LogP contribution is -2.59. The van der Waals surface area contributed by atoms with Gasteiger partial charge < -0.3 is 10.8 Å². The third-order valence-corrected chi connectivity index (χ3v) is 2.98. The number of ketones is 1. The number of carbonyl (C=O) groups is 2. The van der Waals surface area contributed by atoms with Gasteiger partial charge in [-0.05, 0) is 19.3 Å². The molecule has 0 bridgehead atoms. The highest BCUT2D eigenvalue weighted by molar-refractivity contribution is 6.06. The van der Waals surface area contributed by atoms with Crippen molar-refractivity contribution in [3.8, 4) is 0 Å². The Morgan fingerprint density at radius 2 is 1.93 bits per heavy atom. The van der Waals surface area contributed by atoms with E-state index in [0.717, 1.165) is 12.8 Å². The second-order valence-corrected chi connectivity index (χ2v) is 3.98. The minimum Gasteiger partial charge on any atom is -0.480 e. The van der Waals surface area contributed by atoms with Crippen molar-refractivity contribution in [1.82, 2.24) is 0 Å². The maximum atomic E-state index is 11.4. The summed E-state index contributed by atoms with van der Waals surface area (Å²) in [6, 6.07) is 0. The molecule has 0 aromatic rings. The fourth-order valence-electron chi connectivity index (χ4n) is 1.82. The van der Waals surface area contributed by atoms with Gasteiger partial charge in [-0.1, -0.05) is 33.1 Å². The minimum atomic E-state index is -1.70. The zero-order valence-electron chi connectivity index (χ0n) is 9.75. The number of carboxylic acids is 1. The van der Waals surface area contributed by atoms with Crippen molar-refractivity contribution in [1.29, 1.82) is 0 Å². The normalized spacial score (nSPS) is 16.8. The van der Waals surface area contributed by atoms with E-state index in [1.54, 1.807) is 0 Å². The molecule has 0 aromatic heterocycles. The summed E-state index contributed by atoms with van der Waals surface area (Å²) in [4.78, 5) is 22.4. The van der Waals surface area contributed by atoms with E-state index in [-0.39, 0.29) is 5.92 Å². The summed E-state index contributed by atoms with van der Waals surface area (Å²) in [6.45, 7) is 5.15. The standard InChI is InChI=1S/C11H21NO3/c1-4-6-7-9(5-2)11(12,8(3)13)10(14)15/h9H,4-7,12H2,1-3H3,(H,14,15). The van der Waals surface area contributed by atoms with Crippen LogP contribution < -0.4 is 5.73 Å². The SMILES string of the molecule is CCCCC(CC)C(N)(C(C)=O)C(=O)O. The number of nitrogens with two attached hydrogens (primary N) is 1. The van der Waals surface area contributed by atoms with Gasteiger partial charge >= 0.3 is 5.97 Å². The molecule has 15 heavy (non-hydrogen) atoms. The third-order valence-electron chi connectivity index (χ3n) is 2.98. The minimum absolute atomic E-state index is 0.271. The summed E-state index contributed by atoms with van der Waals surface area (Å²) in [5.74, 6) is -1.94. The van der Waals surface area contributed by atoms with Crippen molar-refractivity contribution in [2.75, 3.05) is 0 Å². The van der Waals surface area contributed by atoms with E-state index in [4.69, 9.17) is 10.8 Å². The average molecular weight is 215 g/mol. The Kier molecular flexibility index (Phi) is 5.50. The van der Waals surface area contributed by atoms with Gasteiger partial charge in [0.25, 0.3) is 0 Å². The molecule has 0 aliphatic rings. The van der Waals surface area contributed by atoms with E-state index < -0.39 is 17.3 Å². The van der Waals surface area contributed by atoms with Gasteiger partial charge in [-0.2, -0.15) is 0 Å². The summed E-state index contributed by atoms with van der Waals surface area (Å²) in [5.41, 5.74) is 4.03. The number of Topliss-reactive ketones (excluding diaryl/α,β-unsaturated/α-hetero) is 1. The smallest absolute Gasteiger partial charge is 0.331 e. The molecule has 0 radical (unpaired) electrons. The first-order valence-electron chi connectivity index (χ1n) is 5.44. The second-order valence-electron chi connectivity index (χ2n) is 3.98. The van der Waals surface area contributed by atoms with Crippen molar-refractivity contribution in [3.63, 3.8) is 0 Å². The summed E-state index contributed by atoms with van der Waals surface area (Å²) in [6.07, 6.45) is 3.18. The van der Waals surface area contributed by atoms with Crippen molar-refractivity contribution >= 4 is 11.8 Å². The molecule has 4 nitrogen and oxygen atoms in total. The van der Waals surface area contributed by atoms with Crippen LogP contribution in [0, 0.1) is 5.92 Å². The number of carboxylic acid groups (broad SMARTS) is 1. The number of hydrogen-bond donors (Lipinski definition) is 2. The quantitative estimate of drug-likeness (QED) is 0.632. The van der Waals surface area contributed by atoms with Crippen molar-refractivity contribution in [2.24, 2.45) is 11.7 Å². The first-order valence-corrected chi connectivity index (χ1v) is 5.44. The lowest BCUT2D eigenvalue weighted by Gasteiger charge is -2.30. The van der Waals surface area contributed by atoms with E-state index in [9.17, 15) is 9.59 Å². The third kappa shape index (κ3) is 3.02. The van der Waals surface area contributed by atoms with Crippen molar-refractivity contribution in [2.45, 2.75) is 52.0 Å². The first kappa shape index (κ1) is 14.1. The number of unbranched alkanes of at least 4 members (excludes halogenated alkanes) is 1. The maximum absolute atomic E-state index is 11.4. The molecule has 0 aromatic carbocycles. The number of rotatable bonds is 7. The van der Waals surface area contributed by atoms with E-state index in [1.165, 1.54) is 6.92 Å². The molecule has 88 valence electrons. The molecule has 0 aliphatic carbocycles. The van der Waals surface area contributed by atoms with Crippen LogP contribution in [0.1, 0.15) is 46.5 Å². The topological polar surface area (TPSA) is 80.4 Å². The van der Waals surface area contributed by atoms with Crippen LogP contribution in [0.4, 0.5) is 0 Å². The van der Waals surface area contributed by atoms with Crippen LogP contribution in [0.25, 0.3) is 0 Å². The maximum Gasteiger partial charge on any atom is 0.331 e. The fourth-order valence-corrected chi connectivity index (χ4v) is 1.82. The molecule has 0 aliphatic heterocycles. The Morgan fingerprint density at radius 1 is 1.40 bits per heavy atom. The second kappa shape index (κ2) is 5.85. The van der Waals surface area contributed by atoms with Crippen LogP contribution in [0.15, 0.2) is 0 Å². The Balaban J connectivity index is 4.86. The van der Waals surface area contributed by atoms with Gasteiger partial charge in [-0.25, -0.2) is 4.79 Å². The summed E-state index contributed by atoms with van der Waals surface area (Å²) in [7, 11) is 0. The highest BCUT2D eigenvalue weighted by atomic mass is 16.4. The van der Waals surface area contributed by atoms with Gasteiger partial charge in [0.1, 0.15) is 0 Å². The van der Waals surface area contributed by atoms with Gasteiger partial charge in [0.15, 0.2) is 11.3 Å². The van der Waals surface area contributed by atoms with E-state index in [1.807, 2.05) is 13.8 Å². The molecular weight excluding hydrogens is 194 g/mol. The van der Waals surface area contributed by atoms with Crippen LogP contribution in [-0.2, 0) is 9.59 Å². The molecule has 0 amide bonds. The molecule has 0 spiro atoms. The van der Waals surface area contributed by atoms with Crippen LogP contribution in [0.5, 0.6) is 0 Å². The van der Waals surface area contributed by atoms with Gasteiger partial charge in [0.2, 0.25) is 0 Å². The molecular formula is C11H21NO3. The molecule has 4 heteroatoms. The van der Waals surface area contributed by atoms with Crippen molar-refractivity contribution in [3.05, 3.63) is 0 Å². The van der Waals surface area contributed by atoms with Gasteiger partial charge in [-0.3, -0.25) is 4.79 Å². The molecule has 3 N–H and O–H groups in total. The molecule has 0 rings (SSSR count). The Hall–Kier alpha value is -0.900. The lowest BCUT2D eigenvalue weighted by atomic mass is 9.77. The average Bonchev–Trinajstić information content (AvgIpc) is 2.17. The number of aliphatic carboxylic acids is 1. The Labute approximate surface area is 90.8 Å². The van der Waals surface area contributed by atoms with E-state index in [0.29, 0.717) is 12.8 Å². The zero-order valence-corrected chi connectivity index (χ0v) is 9.75. The Morgan fingerprint density at radius 3 is 2.20 bits per heavy atom. The monoisotopic (exact) mass is 215 g/mol. The molecule has 0 fully saturated rings. The predicted molar refractivity (Wildman–Crippen MR) is 58.5 cm³/mol. The number of carbonyl (C=O) groups excluding carboxylic acids is 1. The van der Waals surface area contributed by atoms with Crippen LogP contribution >= 0.6 is 0 Å². The van der Waals surface area contributed by atoms with Crippen LogP contribution in [-0.4, -0.2) is 22.4 Å². The van der Waals surface area contributed by atoms with E-state index >= 15 is 0 Å². The fraction of sp³-hybridized carbons (Fsp3) is 0.818. The largest absolute Gasteiger partial charge is 0.480 e. The molecule has 0 heterocycles. The zero-order chi connectivity index (χ0) is 12.1. The molecule has 2 atom stereocenters. The highest BCUT2D eigenvalue weighted by Crippen LogP contribution is 2.25. The summed E-state index contributed by atoms with van der Waals surface area (Å²) >= 11 is 0. The summed E-state index contributed by atoms with van der Waals surface area (Å²) < 4.78 is 0. The van der Waals surface area contributed by atoms with Crippen LogP contribution in [0.2, 0.25) is 0 Å². The lowest BCUT2D eigenvalue weighted by molar-refractivity contribution is -0.150. The molecule has 0 saturated carbocycles. The van der Waals surface area contributed by atoms with Gasteiger partial charge in [0, 0.05) is 0 Å². The highest BCUT2D eigenvalue weighted by Gasteiger charge is 2.45. The molecule has 0 saturated heterocycles. The van der Waals surface area contributed by atoms with E-state index in [2.05, 4.69) is 0 Å².